The number of benzene rings is 1. The van der Waals surface area contributed by atoms with E-state index >= 15 is 0 Å². The van der Waals surface area contributed by atoms with Crippen molar-refractivity contribution in [2.24, 2.45) is 0 Å². The first-order chi connectivity index (χ1) is 8.88. The fraction of sp³-hybridized carbons (Fsp3) is 0.538. The van der Waals surface area contributed by atoms with E-state index in [1.807, 2.05) is 0 Å². The summed E-state index contributed by atoms with van der Waals surface area (Å²) in [5, 5.41) is -0.438. The quantitative estimate of drug-likeness (QED) is 0.863. The van der Waals surface area contributed by atoms with Crippen LogP contribution in [0.25, 0.3) is 0 Å². The summed E-state index contributed by atoms with van der Waals surface area (Å²) in [6, 6.07) is 7.02. The number of nitrogens with two attached hydrogens (primary N) is 1. The third-order valence-corrected chi connectivity index (χ3v) is 6.97. The molecule has 0 bridgehead atoms. The summed E-state index contributed by atoms with van der Waals surface area (Å²) >= 11 is 0. The Bertz CT molecular complexity index is 583. The van der Waals surface area contributed by atoms with E-state index in [2.05, 4.69) is 0 Å². The van der Waals surface area contributed by atoms with E-state index in [1.165, 1.54) is 6.26 Å². The molecule has 3 unspecified atom stereocenters. The molecule has 6 heteroatoms. The minimum absolute atomic E-state index is 0.0877. The highest BCUT2D eigenvalue weighted by Gasteiger charge is 2.32. The lowest BCUT2D eigenvalue weighted by atomic mass is 10.00. The van der Waals surface area contributed by atoms with Crippen LogP contribution in [0.15, 0.2) is 29.2 Å². The van der Waals surface area contributed by atoms with Gasteiger partial charge in [0.25, 0.3) is 0 Å². The molecule has 0 aromatic heterocycles. The largest absolute Gasteiger partial charge is 0.399 e. The van der Waals surface area contributed by atoms with E-state index in [1.54, 1.807) is 24.3 Å². The minimum Gasteiger partial charge on any atom is -0.399 e. The molecule has 1 aliphatic carbocycles. The Morgan fingerprint density at radius 3 is 2.68 bits per heavy atom. The number of hydrogen-bond acceptors (Lipinski definition) is 4. The number of sulfone groups is 1. The van der Waals surface area contributed by atoms with E-state index in [-0.39, 0.29) is 10.5 Å². The Kier molecular flexibility index (Phi) is 4.30. The van der Waals surface area contributed by atoms with Crippen LogP contribution in [-0.2, 0) is 20.6 Å². The maximum Gasteiger partial charge on any atom is 0.150 e. The SMILES string of the molecule is CS(=O)(=O)C1CCCC(S(=O)c2cccc(N)c2)C1. The van der Waals surface area contributed by atoms with E-state index < -0.39 is 20.6 Å². The van der Waals surface area contributed by atoms with Gasteiger partial charge in [-0.3, -0.25) is 4.21 Å². The Morgan fingerprint density at radius 1 is 1.32 bits per heavy atom. The standard InChI is InChI=1S/C13H19NO3S2/c1-19(16,17)13-7-3-6-12(9-13)18(15)11-5-2-4-10(14)8-11/h2,4-5,8,12-13H,3,6-7,9,14H2,1H3. The monoisotopic (exact) mass is 301 g/mol. The van der Waals surface area contributed by atoms with Gasteiger partial charge in [0, 0.05) is 22.1 Å². The zero-order chi connectivity index (χ0) is 14.0. The van der Waals surface area contributed by atoms with Gasteiger partial charge in [-0.2, -0.15) is 0 Å². The molecule has 3 atom stereocenters. The molecule has 0 spiro atoms. The van der Waals surface area contributed by atoms with Gasteiger partial charge < -0.3 is 5.73 Å². The summed E-state index contributed by atoms with van der Waals surface area (Å²) in [7, 11) is -4.22. The maximum atomic E-state index is 12.5. The fourth-order valence-corrected chi connectivity index (χ4v) is 5.45. The summed E-state index contributed by atoms with van der Waals surface area (Å²) in [6.07, 6.45) is 4.07. The average Bonchev–Trinajstić information content (AvgIpc) is 2.37. The lowest BCUT2D eigenvalue weighted by molar-refractivity contribution is 0.487. The summed E-state index contributed by atoms with van der Waals surface area (Å²) in [6.45, 7) is 0. The van der Waals surface area contributed by atoms with Crippen LogP contribution in [0.1, 0.15) is 25.7 Å². The van der Waals surface area contributed by atoms with Crippen LogP contribution in [-0.4, -0.2) is 29.4 Å². The molecule has 1 aromatic carbocycles. The van der Waals surface area contributed by atoms with E-state index in [4.69, 9.17) is 5.73 Å². The molecule has 1 saturated carbocycles. The van der Waals surface area contributed by atoms with Crippen molar-refractivity contribution in [3.63, 3.8) is 0 Å². The number of hydrogen-bond donors (Lipinski definition) is 1. The first kappa shape index (κ1) is 14.5. The van der Waals surface area contributed by atoms with E-state index in [0.717, 1.165) is 12.8 Å². The predicted octanol–water partition coefficient (Wildman–Crippen LogP) is 1.73. The van der Waals surface area contributed by atoms with Crippen LogP contribution in [0.4, 0.5) is 5.69 Å². The highest BCUT2D eigenvalue weighted by molar-refractivity contribution is 7.91. The third-order valence-electron chi connectivity index (χ3n) is 3.58. The van der Waals surface area contributed by atoms with Gasteiger partial charge in [-0.1, -0.05) is 12.5 Å². The van der Waals surface area contributed by atoms with Crippen molar-refractivity contribution in [3.05, 3.63) is 24.3 Å². The Hall–Kier alpha value is -0.880. The number of anilines is 1. The van der Waals surface area contributed by atoms with Gasteiger partial charge >= 0.3 is 0 Å². The molecule has 0 heterocycles. The second kappa shape index (κ2) is 5.63. The second-order valence-corrected chi connectivity index (χ2v) is 9.17. The van der Waals surface area contributed by atoms with Crippen molar-refractivity contribution >= 4 is 26.3 Å². The van der Waals surface area contributed by atoms with Gasteiger partial charge in [-0.05, 0) is 37.5 Å². The molecule has 19 heavy (non-hydrogen) atoms. The summed E-state index contributed by atoms with van der Waals surface area (Å²) in [4.78, 5) is 0.694. The smallest absolute Gasteiger partial charge is 0.150 e. The molecule has 1 aromatic rings. The van der Waals surface area contributed by atoms with Crippen LogP contribution >= 0.6 is 0 Å². The van der Waals surface area contributed by atoms with Crippen LogP contribution < -0.4 is 5.73 Å². The highest BCUT2D eigenvalue weighted by atomic mass is 32.2. The predicted molar refractivity (Wildman–Crippen MR) is 78.2 cm³/mol. The topological polar surface area (TPSA) is 77.2 Å². The van der Waals surface area contributed by atoms with Crippen molar-refractivity contribution in [1.82, 2.24) is 0 Å². The van der Waals surface area contributed by atoms with E-state index in [0.29, 0.717) is 23.4 Å². The highest BCUT2D eigenvalue weighted by Crippen LogP contribution is 2.29. The van der Waals surface area contributed by atoms with Crippen molar-refractivity contribution in [1.29, 1.82) is 0 Å². The first-order valence-electron chi connectivity index (χ1n) is 6.33. The summed E-state index contributed by atoms with van der Waals surface area (Å²) in [5.41, 5.74) is 6.28. The molecule has 2 rings (SSSR count). The zero-order valence-electron chi connectivity index (χ0n) is 10.9. The van der Waals surface area contributed by atoms with Gasteiger partial charge in [-0.15, -0.1) is 0 Å². The van der Waals surface area contributed by atoms with Crippen LogP contribution in [0, 0.1) is 0 Å². The lowest BCUT2D eigenvalue weighted by Crippen LogP contribution is -2.32. The zero-order valence-corrected chi connectivity index (χ0v) is 12.5. The molecular weight excluding hydrogens is 282 g/mol. The molecule has 0 aliphatic heterocycles. The van der Waals surface area contributed by atoms with Crippen molar-refractivity contribution in [3.8, 4) is 0 Å². The first-order valence-corrected chi connectivity index (χ1v) is 9.49. The third kappa shape index (κ3) is 3.57. The molecule has 0 radical (unpaired) electrons. The van der Waals surface area contributed by atoms with Gasteiger partial charge in [0.15, 0.2) is 0 Å². The van der Waals surface area contributed by atoms with Crippen molar-refractivity contribution in [2.75, 3.05) is 12.0 Å². The van der Waals surface area contributed by atoms with Crippen LogP contribution in [0.2, 0.25) is 0 Å². The van der Waals surface area contributed by atoms with E-state index in [9.17, 15) is 12.6 Å². The average molecular weight is 301 g/mol. The van der Waals surface area contributed by atoms with Gasteiger partial charge in [0.05, 0.1) is 16.0 Å². The van der Waals surface area contributed by atoms with Crippen LogP contribution in [0.3, 0.4) is 0 Å². The Labute approximate surface area is 116 Å². The molecule has 1 fully saturated rings. The molecular formula is C13H19NO3S2. The van der Waals surface area contributed by atoms with Crippen LogP contribution in [0.5, 0.6) is 0 Å². The van der Waals surface area contributed by atoms with Gasteiger partial charge in [-0.25, -0.2) is 8.42 Å². The molecule has 106 valence electrons. The van der Waals surface area contributed by atoms with Gasteiger partial charge in [0.1, 0.15) is 9.84 Å². The Balaban J connectivity index is 2.16. The summed E-state index contributed by atoms with van der Waals surface area (Å²) < 4.78 is 35.7. The second-order valence-electron chi connectivity index (χ2n) is 5.11. The van der Waals surface area contributed by atoms with Crippen molar-refractivity contribution < 1.29 is 12.6 Å². The summed E-state index contributed by atoms with van der Waals surface area (Å²) in [5.74, 6) is 0. The minimum atomic E-state index is -3.04. The molecule has 4 nitrogen and oxygen atoms in total. The number of rotatable bonds is 3. The fourth-order valence-electron chi connectivity index (χ4n) is 2.52. The molecule has 0 saturated heterocycles. The maximum absolute atomic E-state index is 12.5. The normalized spacial score (nSPS) is 25.9. The number of nitrogen functional groups attached to an aromatic ring is 1. The Morgan fingerprint density at radius 2 is 2.05 bits per heavy atom. The molecule has 2 N–H and O–H groups in total. The van der Waals surface area contributed by atoms with Crippen molar-refractivity contribution in [2.45, 2.75) is 41.1 Å². The molecule has 0 amide bonds. The van der Waals surface area contributed by atoms with Gasteiger partial charge in [0.2, 0.25) is 0 Å². The lowest BCUT2D eigenvalue weighted by Gasteiger charge is -2.27. The molecule has 1 aliphatic rings.